The standard InChI is InChI=1S/C20H21N/c1-3-16-21(17-4-2)20-14-12-19(13-15-20)11-10-18-8-6-5-7-9-18/h3-15H,1-2,16-17H2. The molecule has 1 nitrogen and oxygen atoms in total. The van der Waals surface area contributed by atoms with Gasteiger partial charge in [-0.1, -0.05) is 66.8 Å². The van der Waals surface area contributed by atoms with E-state index in [1.807, 2.05) is 30.4 Å². The molecule has 0 heterocycles. The van der Waals surface area contributed by atoms with E-state index in [0.717, 1.165) is 13.1 Å². The van der Waals surface area contributed by atoms with Gasteiger partial charge < -0.3 is 4.90 Å². The van der Waals surface area contributed by atoms with Crippen molar-refractivity contribution in [2.45, 2.75) is 0 Å². The summed E-state index contributed by atoms with van der Waals surface area (Å²) in [5.41, 5.74) is 3.59. The van der Waals surface area contributed by atoms with E-state index in [1.54, 1.807) is 0 Å². The number of hydrogen-bond acceptors (Lipinski definition) is 1. The lowest BCUT2D eigenvalue weighted by Gasteiger charge is -2.21. The second-order valence-corrected chi connectivity index (χ2v) is 4.82. The van der Waals surface area contributed by atoms with Crippen molar-refractivity contribution < 1.29 is 0 Å². The first-order chi connectivity index (χ1) is 10.3. The van der Waals surface area contributed by atoms with Gasteiger partial charge in [-0.25, -0.2) is 0 Å². The summed E-state index contributed by atoms with van der Waals surface area (Å²) < 4.78 is 0. The molecule has 0 atom stereocenters. The molecule has 0 saturated carbocycles. The van der Waals surface area contributed by atoms with Crippen LogP contribution in [0.3, 0.4) is 0 Å². The molecule has 2 rings (SSSR count). The molecule has 21 heavy (non-hydrogen) atoms. The molecular formula is C20H21N. The van der Waals surface area contributed by atoms with Crippen molar-refractivity contribution in [3.05, 3.63) is 91.0 Å². The fourth-order valence-electron chi connectivity index (χ4n) is 2.15. The summed E-state index contributed by atoms with van der Waals surface area (Å²) in [6, 6.07) is 18.9. The van der Waals surface area contributed by atoms with Crippen molar-refractivity contribution in [2.75, 3.05) is 18.0 Å². The van der Waals surface area contributed by atoms with Gasteiger partial charge in [0.1, 0.15) is 0 Å². The second-order valence-electron chi connectivity index (χ2n) is 4.82. The highest BCUT2D eigenvalue weighted by Crippen LogP contribution is 2.17. The fourth-order valence-corrected chi connectivity index (χ4v) is 2.15. The second kappa shape index (κ2) is 7.91. The topological polar surface area (TPSA) is 3.24 Å². The molecule has 1 heteroatoms. The van der Waals surface area contributed by atoms with Crippen molar-refractivity contribution in [1.82, 2.24) is 0 Å². The maximum absolute atomic E-state index is 3.80. The zero-order chi connectivity index (χ0) is 14.9. The van der Waals surface area contributed by atoms with Gasteiger partial charge >= 0.3 is 0 Å². The Hall–Kier alpha value is -2.54. The van der Waals surface area contributed by atoms with Crippen molar-refractivity contribution in [3.8, 4) is 0 Å². The van der Waals surface area contributed by atoms with Gasteiger partial charge in [-0.2, -0.15) is 0 Å². The van der Waals surface area contributed by atoms with Gasteiger partial charge in [-0.15, -0.1) is 13.2 Å². The maximum atomic E-state index is 3.80. The Balaban J connectivity index is 2.09. The summed E-state index contributed by atoms with van der Waals surface area (Å²) in [6.45, 7) is 9.25. The molecule has 0 aliphatic carbocycles. The molecule has 0 spiro atoms. The number of benzene rings is 2. The van der Waals surface area contributed by atoms with Crippen LogP contribution in [-0.4, -0.2) is 13.1 Å². The molecule has 0 aliphatic rings. The molecule has 0 aromatic heterocycles. The van der Waals surface area contributed by atoms with E-state index < -0.39 is 0 Å². The van der Waals surface area contributed by atoms with E-state index in [9.17, 15) is 0 Å². The average molecular weight is 275 g/mol. The van der Waals surface area contributed by atoms with Gasteiger partial charge in [0.2, 0.25) is 0 Å². The smallest absolute Gasteiger partial charge is 0.0372 e. The van der Waals surface area contributed by atoms with Gasteiger partial charge in [0, 0.05) is 18.8 Å². The van der Waals surface area contributed by atoms with E-state index in [2.05, 4.69) is 66.6 Å². The van der Waals surface area contributed by atoms with Gasteiger partial charge in [0.25, 0.3) is 0 Å². The summed E-state index contributed by atoms with van der Waals surface area (Å²) >= 11 is 0. The molecular weight excluding hydrogens is 254 g/mol. The molecule has 0 aliphatic heterocycles. The summed E-state index contributed by atoms with van der Waals surface area (Å²) in [5.74, 6) is 0. The summed E-state index contributed by atoms with van der Waals surface area (Å²) in [4.78, 5) is 2.23. The predicted octanol–water partition coefficient (Wildman–Crippen LogP) is 5.04. The van der Waals surface area contributed by atoms with Crippen molar-refractivity contribution in [3.63, 3.8) is 0 Å². The van der Waals surface area contributed by atoms with Crippen LogP contribution in [0.15, 0.2) is 79.9 Å². The highest BCUT2D eigenvalue weighted by molar-refractivity contribution is 5.70. The molecule has 106 valence electrons. The minimum Gasteiger partial charge on any atom is -0.364 e. The Morgan fingerprint density at radius 2 is 1.24 bits per heavy atom. The van der Waals surface area contributed by atoms with Crippen LogP contribution in [0.2, 0.25) is 0 Å². The van der Waals surface area contributed by atoms with E-state index in [1.165, 1.54) is 16.8 Å². The highest BCUT2D eigenvalue weighted by atomic mass is 15.1. The van der Waals surface area contributed by atoms with Crippen LogP contribution in [0.4, 0.5) is 5.69 Å². The Labute approximate surface area is 127 Å². The van der Waals surface area contributed by atoms with Crippen LogP contribution < -0.4 is 4.90 Å². The Morgan fingerprint density at radius 1 is 0.714 bits per heavy atom. The van der Waals surface area contributed by atoms with Gasteiger partial charge in [-0.05, 0) is 23.3 Å². The number of rotatable bonds is 7. The van der Waals surface area contributed by atoms with Gasteiger partial charge in [0.15, 0.2) is 0 Å². The lowest BCUT2D eigenvalue weighted by atomic mass is 10.1. The summed E-state index contributed by atoms with van der Waals surface area (Å²) in [6.07, 6.45) is 8.07. The van der Waals surface area contributed by atoms with E-state index >= 15 is 0 Å². The largest absolute Gasteiger partial charge is 0.364 e. The third-order valence-electron chi connectivity index (χ3n) is 3.23. The molecule has 0 fully saturated rings. The number of nitrogens with zero attached hydrogens (tertiary/aromatic N) is 1. The Morgan fingerprint density at radius 3 is 1.76 bits per heavy atom. The van der Waals surface area contributed by atoms with Crippen LogP contribution in [0.5, 0.6) is 0 Å². The lowest BCUT2D eigenvalue weighted by Crippen LogP contribution is -2.22. The zero-order valence-electron chi connectivity index (χ0n) is 12.3. The first-order valence-electron chi connectivity index (χ1n) is 7.13. The predicted molar refractivity (Wildman–Crippen MR) is 94.4 cm³/mol. The maximum Gasteiger partial charge on any atom is 0.0372 e. The Bertz CT molecular complexity index is 583. The molecule has 2 aromatic rings. The minimum absolute atomic E-state index is 0.825. The van der Waals surface area contributed by atoms with E-state index in [-0.39, 0.29) is 0 Å². The van der Waals surface area contributed by atoms with Crippen LogP contribution in [0.1, 0.15) is 11.1 Å². The van der Waals surface area contributed by atoms with Gasteiger partial charge in [-0.3, -0.25) is 0 Å². The fraction of sp³-hybridized carbons (Fsp3) is 0.100. The van der Waals surface area contributed by atoms with Crippen molar-refractivity contribution in [2.24, 2.45) is 0 Å². The van der Waals surface area contributed by atoms with Gasteiger partial charge in [0.05, 0.1) is 0 Å². The molecule has 0 radical (unpaired) electrons. The van der Waals surface area contributed by atoms with Crippen LogP contribution in [0, 0.1) is 0 Å². The van der Waals surface area contributed by atoms with Crippen LogP contribution >= 0.6 is 0 Å². The minimum atomic E-state index is 0.825. The third-order valence-corrected chi connectivity index (χ3v) is 3.23. The van der Waals surface area contributed by atoms with Crippen LogP contribution in [0.25, 0.3) is 12.2 Å². The zero-order valence-corrected chi connectivity index (χ0v) is 12.3. The molecule has 0 amide bonds. The molecule has 0 bridgehead atoms. The molecule has 0 saturated heterocycles. The summed E-state index contributed by atoms with van der Waals surface area (Å²) in [5, 5.41) is 0. The molecule has 0 unspecified atom stereocenters. The van der Waals surface area contributed by atoms with Crippen molar-refractivity contribution in [1.29, 1.82) is 0 Å². The SMILES string of the molecule is C=CCN(CC=C)c1ccc(C=Cc2ccccc2)cc1. The monoisotopic (exact) mass is 275 g/mol. The van der Waals surface area contributed by atoms with E-state index in [4.69, 9.17) is 0 Å². The lowest BCUT2D eigenvalue weighted by molar-refractivity contribution is 0.957. The summed E-state index contributed by atoms with van der Waals surface area (Å²) in [7, 11) is 0. The first-order valence-corrected chi connectivity index (χ1v) is 7.13. The number of anilines is 1. The van der Waals surface area contributed by atoms with Crippen molar-refractivity contribution >= 4 is 17.8 Å². The highest BCUT2D eigenvalue weighted by Gasteiger charge is 2.01. The third kappa shape index (κ3) is 4.50. The van der Waals surface area contributed by atoms with Crippen LogP contribution in [-0.2, 0) is 0 Å². The molecule has 0 N–H and O–H groups in total. The quantitative estimate of drug-likeness (QED) is 0.505. The van der Waals surface area contributed by atoms with E-state index in [0.29, 0.717) is 0 Å². The Kier molecular flexibility index (Phi) is 5.60. The first kappa shape index (κ1) is 14.9. The average Bonchev–Trinajstić information content (AvgIpc) is 2.54. The molecule has 2 aromatic carbocycles. The number of hydrogen-bond donors (Lipinski definition) is 0. The normalized spacial score (nSPS) is 10.5.